The quantitative estimate of drug-likeness (QED) is 0.676. The number of nitrogens with one attached hydrogen (secondary N) is 1. The van der Waals surface area contributed by atoms with E-state index in [9.17, 15) is 4.79 Å². The number of benzene rings is 3. The van der Waals surface area contributed by atoms with E-state index >= 15 is 0 Å². The minimum Gasteiger partial charge on any atom is -0.493 e. The second kappa shape index (κ2) is 8.86. The summed E-state index contributed by atoms with van der Waals surface area (Å²) in [5.74, 6) is 0.751. The third kappa shape index (κ3) is 4.96. The Morgan fingerprint density at radius 2 is 1.38 bits per heavy atom. The van der Waals surface area contributed by atoms with Crippen LogP contribution in [-0.4, -0.2) is 12.5 Å². The van der Waals surface area contributed by atoms with E-state index in [1.54, 1.807) is 0 Å². The minimum absolute atomic E-state index is 0.0326. The highest BCUT2D eigenvalue weighted by Crippen LogP contribution is 2.21. The lowest BCUT2D eigenvalue weighted by molar-refractivity contribution is -0.122. The summed E-state index contributed by atoms with van der Waals surface area (Å²) in [5.41, 5.74) is 3.31. The van der Waals surface area contributed by atoms with E-state index in [0.29, 0.717) is 13.0 Å². The normalized spacial score (nSPS) is 10.5. The van der Waals surface area contributed by atoms with Crippen molar-refractivity contribution in [2.24, 2.45) is 0 Å². The largest absolute Gasteiger partial charge is 0.493 e. The predicted molar refractivity (Wildman–Crippen MR) is 104 cm³/mol. The molecule has 0 atom stereocenters. The van der Waals surface area contributed by atoms with Gasteiger partial charge in [-0.25, -0.2) is 0 Å². The first-order chi connectivity index (χ1) is 12.7. The maximum atomic E-state index is 12.5. The van der Waals surface area contributed by atoms with Crippen molar-refractivity contribution >= 4 is 5.91 Å². The van der Waals surface area contributed by atoms with Crippen molar-refractivity contribution in [2.45, 2.75) is 19.4 Å². The Balaban J connectivity index is 1.61. The van der Waals surface area contributed by atoms with Gasteiger partial charge in [-0.2, -0.15) is 0 Å². The van der Waals surface area contributed by atoms with Gasteiger partial charge in [0.1, 0.15) is 5.75 Å². The number of carbonyl (C=O) groups is 1. The fourth-order valence-corrected chi connectivity index (χ4v) is 2.78. The summed E-state index contributed by atoms with van der Waals surface area (Å²) in [7, 11) is 0. The molecule has 0 aliphatic rings. The Kier molecular flexibility index (Phi) is 6.05. The maximum absolute atomic E-state index is 12.5. The van der Waals surface area contributed by atoms with E-state index in [0.717, 1.165) is 16.9 Å². The number of ether oxygens (including phenoxy) is 1. The SMILES string of the molecule is Cc1ccc(OCCC(=O)NC(c2ccccc2)c2ccccc2)cc1. The number of hydrogen-bond acceptors (Lipinski definition) is 2. The molecule has 0 unspecified atom stereocenters. The van der Waals surface area contributed by atoms with Crippen LogP contribution in [0.2, 0.25) is 0 Å². The van der Waals surface area contributed by atoms with E-state index < -0.39 is 0 Å². The van der Waals surface area contributed by atoms with Crippen molar-refractivity contribution in [3.8, 4) is 5.75 Å². The first-order valence-electron chi connectivity index (χ1n) is 8.81. The van der Waals surface area contributed by atoms with Gasteiger partial charge < -0.3 is 10.1 Å². The fraction of sp³-hybridized carbons (Fsp3) is 0.174. The van der Waals surface area contributed by atoms with Crippen molar-refractivity contribution in [3.63, 3.8) is 0 Å². The maximum Gasteiger partial charge on any atom is 0.224 e. The zero-order valence-electron chi connectivity index (χ0n) is 14.9. The lowest BCUT2D eigenvalue weighted by Crippen LogP contribution is -2.30. The Labute approximate surface area is 154 Å². The van der Waals surface area contributed by atoms with E-state index in [1.807, 2.05) is 91.9 Å². The van der Waals surface area contributed by atoms with Gasteiger partial charge >= 0.3 is 0 Å². The van der Waals surface area contributed by atoms with Gasteiger partial charge in [0.2, 0.25) is 5.91 Å². The van der Waals surface area contributed by atoms with Crippen LogP contribution in [0.25, 0.3) is 0 Å². The molecule has 0 saturated carbocycles. The Bertz CT molecular complexity index is 774. The summed E-state index contributed by atoms with van der Waals surface area (Å²) in [6.07, 6.45) is 0.310. The molecule has 0 spiro atoms. The molecule has 0 radical (unpaired) electrons. The van der Waals surface area contributed by atoms with Gasteiger partial charge in [-0.05, 0) is 30.2 Å². The van der Waals surface area contributed by atoms with E-state index in [1.165, 1.54) is 5.56 Å². The molecule has 0 aliphatic heterocycles. The third-order valence-corrected chi connectivity index (χ3v) is 4.19. The van der Waals surface area contributed by atoms with Crippen LogP contribution < -0.4 is 10.1 Å². The molecule has 0 heterocycles. The van der Waals surface area contributed by atoms with Gasteiger partial charge in [-0.3, -0.25) is 4.79 Å². The molecular weight excluding hydrogens is 322 g/mol. The summed E-state index contributed by atoms with van der Waals surface area (Å²) < 4.78 is 5.66. The van der Waals surface area contributed by atoms with Crippen LogP contribution in [-0.2, 0) is 4.79 Å². The molecule has 0 saturated heterocycles. The molecule has 0 aliphatic carbocycles. The van der Waals surface area contributed by atoms with Gasteiger partial charge in [0.05, 0.1) is 19.1 Å². The molecule has 0 bridgehead atoms. The van der Waals surface area contributed by atoms with E-state index in [-0.39, 0.29) is 11.9 Å². The zero-order valence-corrected chi connectivity index (χ0v) is 14.9. The van der Waals surface area contributed by atoms with Gasteiger partial charge in [0.25, 0.3) is 0 Å². The molecule has 1 N–H and O–H groups in total. The predicted octanol–water partition coefficient (Wildman–Crippen LogP) is 4.67. The van der Waals surface area contributed by atoms with Gasteiger partial charge in [-0.1, -0.05) is 78.4 Å². The first-order valence-corrected chi connectivity index (χ1v) is 8.81. The van der Waals surface area contributed by atoms with Crippen LogP contribution in [0.3, 0.4) is 0 Å². The second-order valence-corrected chi connectivity index (χ2v) is 6.23. The summed E-state index contributed by atoms with van der Waals surface area (Å²) in [6.45, 7) is 2.38. The van der Waals surface area contributed by atoms with Crippen LogP contribution in [0.15, 0.2) is 84.9 Å². The van der Waals surface area contributed by atoms with Gasteiger partial charge in [0, 0.05) is 0 Å². The monoisotopic (exact) mass is 345 g/mol. The Hall–Kier alpha value is -3.07. The molecule has 0 fully saturated rings. The summed E-state index contributed by atoms with van der Waals surface area (Å²) >= 11 is 0. The number of amides is 1. The molecule has 132 valence electrons. The molecule has 0 aromatic heterocycles. The lowest BCUT2D eigenvalue weighted by atomic mass is 9.98. The van der Waals surface area contributed by atoms with E-state index in [2.05, 4.69) is 5.32 Å². The average Bonchev–Trinajstić information content (AvgIpc) is 2.69. The van der Waals surface area contributed by atoms with Crippen LogP contribution in [0.4, 0.5) is 0 Å². The fourth-order valence-electron chi connectivity index (χ4n) is 2.78. The molecule has 3 rings (SSSR count). The van der Waals surface area contributed by atoms with Crippen LogP contribution in [0, 0.1) is 6.92 Å². The number of aryl methyl sites for hydroxylation is 1. The topological polar surface area (TPSA) is 38.3 Å². The van der Waals surface area contributed by atoms with Crippen molar-refractivity contribution in [3.05, 3.63) is 102 Å². The highest BCUT2D eigenvalue weighted by molar-refractivity contribution is 5.77. The Morgan fingerprint density at radius 1 is 0.846 bits per heavy atom. The molecule has 26 heavy (non-hydrogen) atoms. The van der Waals surface area contributed by atoms with Crippen molar-refractivity contribution < 1.29 is 9.53 Å². The summed E-state index contributed by atoms with van der Waals surface area (Å²) in [4.78, 5) is 12.5. The van der Waals surface area contributed by atoms with Gasteiger partial charge in [-0.15, -0.1) is 0 Å². The smallest absolute Gasteiger partial charge is 0.224 e. The van der Waals surface area contributed by atoms with Crippen molar-refractivity contribution in [2.75, 3.05) is 6.61 Å². The molecular formula is C23H23NO2. The van der Waals surface area contributed by atoms with Crippen LogP contribution in [0.1, 0.15) is 29.2 Å². The van der Waals surface area contributed by atoms with Crippen LogP contribution in [0.5, 0.6) is 5.75 Å². The molecule has 1 amide bonds. The standard InChI is InChI=1S/C23H23NO2/c1-18-12-14-21(15-13-18)26-17-16-22(25)24-23(19-8-4-2-5-9-19)20-10-6-3-7-11-20/h2-15,23H,16-17H2,1H3,(H,24,25). The molecule has 3 aromatic rings. The zero-order chi connectivity index (χ0) is 18.2. The lowest BCUT2D eigenvalue weighted by Gasteiger charge is -2.20. The third-order valence-electron chi connectivity index (χ3n) is 4.19. The van der Waals surface area contributed by atoms with Gasteiger partial charge in [0.15, 0.2) is 0 Å². The minimum atomic E-state index is -0.163. The Morgan fingerprint density at radius 3 is 1.92 bits per heavy atom. The molecule has 3 aromatic carbocycles. The highest BCUT2D eigenvalue weighted by atomic mass is 16.5. The molecule has 3 nitrogen and oxygen atoms in total. The second-order valence-electron chi connectivity index (χ2n) is 6.23. The van der Waals surface area contributed by atoms with E-state index in [4.69, 9.17) is 4.74 Å². The van der Waals surface area contributed by atoms with Crippen LogP contribution >= 0.6 is 0 Å². The summed E-state index contributed by atoms with van der Waals surface area (Å²) in [6, 6.07) is 27.7. The highest BCUT2D eigenvalue weighted by Gasteiger charge is 2.16. The summed E-state index contributed by atoms with van der Waals surface area (Å²) in [5, 5.41) is 3.13. The number of rotatable bonds is 7. The molecule has 3 heteroatoms. The number of carbonyl (C=O) groups excluding carboxylic acids is 1. The number of hydrogen-bond donors (Lipinski definition) is 1. The van der Waals surface area contributed by atoms with Crippen molar-refractivity contribution in [1.29, 1.82) is 0 Å². The first kappa shape index (κ1) is 17.7. The van der Waals surface area contributed by atoms with Crippen molar-refractivity contribution in [1.82, 2.24) is 5.32 Å². The average molecular weight is 345 g/mol.